The Bertz CT molecular complexity index is 716. The van der Waals surface area contributed by atoms with Gasteiger partial charge >= 0.3 is 0 Å². The summed E-state index contributed by atoms with van der Waals surface area (Å²) >= 11 is 0. The Kier molecular flexibility index (Phi) is 6.46. The van der Waals surface area contributed by atoms with Crippen LogP contribution in [0.4, 0.5) is 0 Å². The van der Waals surface area contributed by atoms with Gasteiger partial charge in [-0.1, -0.05) is 6.92 Å². The number of hydrogen-bond acceptors (Lipinski definition) is 4. The number of piperidine rings is 1. The van der Waals surface area contributed by atoms with E-state index in [1.54, 1.807) is 19.2 Å². The highest BCUT2D eigenvalue weighted by Gasteiger charge is 2.22. The zero-order valence-corrected chi connectivity index (χ0v) is 16.3. The fourth-order valence-electron chi connectivity index (χ4n) is 3.14. The number of nitrogens with zero attached hydrogens (tertiary/aromatic N) is 2. The average molecular weight is 368 g/mol. The van der Waals surface area contributed by atoms with Gasteiger partial charge in [0.2, 0.25) is 15.9 Å². The summed E-state index contributed by atoms with van der Waals surface area (Å²) in [7, 11) is 1.04. The van der Waals surface area contributed by atoms with Crippen LogP contribution in [0.1, 0.15) is 31.7 Å². The SMILES string of the molecule is COc1ccc(S(=O)(=O)N(C)C)cc1CCC(=O)N1CCC[C@H](C)C1. The standard InChI is InChI=1S/C18H28N2O4S/c1-14-6-5-11-20(13-14)18(21)10-7-15-12-16(8-9-17(15)24-4)25(22,23)19(2)3/h8-9,12,14H,5-7,10-11,13H2,1-4H3/t14-/m0/s1. The number of benzene rings is 1. The Hall–Kier alpha value is -1.60. The molecule has 140 valence electrons. The van der Waals surface area contributed by atoms with Crippen molar-refractivity contribution in [1.29, 1.82) is 0 Å². The lowest BCUT2D eigenvalue weighted by atomic mass is 9.99. The molecule has 1 aliphatic heterocycles. The third-order valence-corrected chi connectivity index (χ3v) is 6.46. The molecule has 1 aromatic carbocycles. The fourth-order valence-corrected chi connectivity index (χ4v) is 4.09. The van der Waals surface area contributed by atoms with Gasteiger partial charge in [-0.15, -0.1) is 0 Å². The molecular formula is C18H28N2O4S. The largest absolute Gasteiger partial charge is 0.496 e. The van der Waals surface area contributed by atoms with Crippen LogP contribution in [0, 0.1) is 5.92 Å². The molecule has 0 saturated carbocycles. The summed E-state index contributed by atoms with van der Waals surface area (Å²) < 4.78 is 31.1. The number of carbonyl (C=O) groups excluding carboxylic acids is 1. The van der Waals surface area contributed by atoms with E-state index in [0.717, 1.165) is 25.1 Å². The van der Waals surface area contributed by atoms with E-state index in [4.69, 9.17) is 4.74 Å². The highest BCUT2D eigenvalue weighted by molar-refractivity contribution is 7.89. The Morgan fingerprint density at radius 1 is 1.36 bits per heavy atom. The summed E-state index contributed by atoms with van der Waals surface area (Å²) in [4.78, 5) is 14.6. The van der Waals surface area contributed by atoms with E-state index < -0.39 is 10.0 Å². The summed E-state index contributed by atoms with van der Waals surface area (Å²) in [5.74, 6) is 1.27. The zero-order valence-electron chi connectivity index (χ0n) is 15.5. The van der Waals surface area contributed by atoms with Gasteiger partial charge in [0.25, 0.3) is 0 Å². The van der Waals surface area contributed by atoms with Crippen LogP contribution >= 0.6 is 0 Å². The second-order valence-corrected chi connectivity index (χ2v) is 9.00. The van der Waals surface area contributed by atoms with Crippen LogP contribution in [0.25, 0.3) is 0 Å². The highest BCUT2D eigenvalue weighted by atomic mass is 32.2. The summed E-state index contributed by atoms with van der Waals surface area (Å²) in [6, 6.07) is 4.80. The number of likely N-dealkylation sites (tertiary alicyclic amines) is 1. The molecule has 1 saturated heterocycles. The number of rotatable bonds is 6. The lowest BCUT2D eigenvalue weighted by Crippen LogP contribution is -2.39. The van der Waals surface area contributed by atoms with E-state index in [-0.39, 0.29) is 10.8 Å². The van der Waals surface area contributed by atoms with E-state index in [1.807, 2.05) is 4.90 Å². The molecule has 7 heteroatoms. The maximum absolute atomic E-state index is 12.5. The first-order valence-corrected chi connectivity index (χ1v) is 10.1. The highest BCUT2D eigenvalue weighted by Crippen LogP contribution is 2.25. The molecule has 0 bridgehead atoms. The first-order chi connectivity index (χ1) is 11.8. The van der Waals surface area contributed by atoms with Crippen molar-refractivity contribution in [3.8, 4) is 5.75 Å². The number of methoxy groups -OCH3 is 1. The molecule has 1 amide bonds. The molecule has 0 aromatic heterocycles. The van der Waals surface area contributed by atoms with Crippen LogP contribution in [0.15, 0.2) is 23.1 Å². The number of aryl methyl sites for hydroxylation is 1. The van der Waals surface area contributed by atoms with Gasteiger partial charge in [0.15, 0.2) is 0 Å². The van der Waals surface area contributed by atoms with Gasteiger partial charge in [0.1, 0.15) is 5.75 Å². The minimum absolute atomic E-state index is 0.120. The Morgan fingerprint density at radius 2 is 2.08 bits per heavy atom. The first kappa shape index (κ1) is 19.7. The van der Waals surface area contributed by atoms with Gasteiger partial charge in [0, 0.05) is 33.6 Å². The molecule has 1 aromatic rings. The van der Waals surface area contributed by atoms with E-state index in [1.165, 1.54) is 30.9 Å². The monoisotopic (exact) mass is 368 g/mol. The van der Waals surface area contributed by atoms with Gasteiger partial charge in [-0.2, -0.15) is 0 Å². The Morgan fingerprint density at radius 3 is 2.68 bits per heavy atom. The van der Waals surface area contributed by atoms with Crippen molar-refractivity contribution in [3.63, 3.8) is 0 Å². The molecule has 1 heterocycles. The summed E-state index contributed by atoms with van der Waals surface area (Å²) in [5.41, 5.74) is 0.740. The second kappa shape index (κ2) is 8.19. The van der Waals surface area contributed by atoms with Gasteiger partial charge in [-0.3, -0.25) is 4.79 Å². The van der Waals surface area contributed by atoms with E-state index >= 15 is 0 Å². The van der Waals surface area contributed by atoms with Crippen molar-refractivity contribution < 1.29 is 17.9 Å². The maximum Gasteiger partial charge on any atom is 0.242 e. The summed E-state index contributed by atoms with van der Waals surface area (Å²) in [5, 5.41) is 0. The van der Waals surface area contributed by atoms with Gasteiger partial charge in [-0.25, -0.2) is 12.7 Å². The van der Waals surface area contributed by atoms with Crippen LogP contribution in [-0.4, -0.2) is 57.8 Å². The topological polar surface area (TPSA) is 66.9 Å². The molecule has 0 radical (unpaired) electrons. The predicted molar refractivity (Wildman–Crippen MR) is 97.2 cm³/mol. The quantitative estimate of drug-likeness (QED) is 0.771. The molecule has 0 spiro atoms. The van der Waals surface area contributed by atoms with E-state index in [0.29, 0.717) is 24.5 Å². The minimum atomic E-state index is -3.51. The van der Waals surface area contributed by atoms with Crippen molar-refractivity contribution in [2.24, 2.45) is 5.92 Å². The van der Waals surface area contributed by atoms with Crippen molar-refractivity contribution in [1.82, 2.24) is 9.21 Å². The van der Waals surface area contributed by atoms with Gasteiger partial charge < -0.3 is 9.64 Å². The van der Waals surface area contributed by atoms with Gasteiger partial charge in [0.05, 0.1) is 12.0 Å². The van der Waals surface area contributed by atoms with Crippen molar-refractivity contribution in [2.75, 3.05) is 34.3 Å². The minimum Gasteiger partial charge on any atom is -0.496 e. The van der Waals surface area contributed by atoms with Crippen LogP contribution < -0.4 is 4.74 Å². The molecule has 1 aliphatic rings. The molecule has 1 atom stereocenters. The molecule has 25 heavy (non-hydrogen) atoms. The molecule has 0 aliphatic carbocycles. The third-order valence-electron chi connectivity index (χ3n) is 4.65. The number of hydrogen-bond donors (Lipinski definition) is 0. The van der Waals surface area contributed by atoms with Crippen LogP contribution in [-0.2, 0) is 21.2 Å². The van der Waals surface area contributed by atoms with E-state index in [9.17, 15) is 13.2 Å². The normalized spacial score (nSPS) is 18.4. The lowest BCUT2D eigenvalue weighted by molar-refractivity contribution is -0.132. The Labute approximate surface area is 150 Å². The van der Waals surface area contributed by atoms with E-state index in [2.05, 4.69) is 6.92 Å². The molecule has 1 fully saturated rings. The summed E-state index contributed by atoms with van der Waals surface area (Å²) in [6.07, 6.45) is 3.03. The molecular weight excluding hydrogens is 340 g/mol. The maximum atomic E-state index is 12.5. The average Bonchev–Trinajstić information content (AvgIpc) is 2.59. The van der Waals surface area contributed by atoms with Gasteiger partial charge in [-0.05, 0) is 48.9 Å². The van der Waals surface area contributed by atoms with Crippen LogP contribution in [0.3, 0.4) is 0 Å². The molecule has 2 rings (SSSR count). The first-order valence-electron chi connectivity index (χ1n) is 8.63. The number of amides is 1. The van der Waals surface area contributed by atoms with Crippen LogP contribution in [0.2, 0.25) is 0 Å². The molecule has 6 nitrogen and oxygen atoms in total. The molecule has 0 N–H and O–H groups in total. The smallest absolute Gasteiger partial charge is 0.242 e. The number of ether oxygens (including phenoxy) is 1. The predicted octanol–water partition coefficient (Wildman–Crippen LogP) is 2.14. The molecule has 0 unspecified atom stereocenters. The fraction of sp³-hybridized carbons (Fsp3) is 0.611. The van der Waals surface area contributed by atoms with Crippen molar-refractivity contribution in [3.05, 3.63) is 23.8 Å². The number of sulfonamides is 1. The second-order valence-electron chi connectivity index (χ2n) is 6.85. The number of carbonyl (C=O) groups is 1. The van der Waals surface area contributed by atoms with Crippen molar-refractivity contribution >= 4 is 15.9 Å². The van der Waals surface area contributed by atoms with Crippen molar-refractivity contribution in [2.45, 2.75) is 37.5 Å². The summed E-state index contributed by atoms with van der Waals surface area (Å²) in [6.45, 7) is 3.79. The van der Waals surface area contributed by atoms with Crippen LogP contribution in [0.5, 0.6) is 5.75 Å². The Balaban J connectivity index is 2.13. The lowest BCUT2D eigenvalue weighted by Gasteiger charge is -2.31. The third kappa shape index (κ3) is 4.73. The zero-order chi connectivity index (χ0) is 18.6.